The molecule has 3 aromatic rings. The third-order valence-electron chi connectivity index (χ3n) is 4.87. The average molecular weight is 579 g/mol. The van der Waals surface area contributed by atoms with E-state index in [9.17, 15) is 13.2 Å². The van der Waals surface area contributed by atoms with Gasteiger partial charge in [0, 0.05) is 17.1 Å². The van der Waals surface area contributed by atoms with E-state index in [-0.39, 0.29) is 10.6 Å². The summed E-state index contributed by atoms with van der Waals surface area (Å²) in [6.07, 6.45) is 0. The van der Waals surface area contributed by atoms with Crippen molar-refractivity contribution >= 4 is 52.1 Å². The largest absolute Gasteiger partial charge is 0.497 e. The molecule has 8 heteroatoms. The first kappa shape index (κ1) is 24.2. The first-order chi connectivity index (χ1) is 15.1. The number of carbonyl (C=O) groups excluding carboxylic acids is 1. The van der Waals surface area contributed by atoms with E-state index in [1.54, 1.807) is 67.8 Å². The lowest BCUT2D eigenvalue weighted by atomic mass is 10.1. The summed E-state index contributed by atoms with van der Waals surface area (Å²) in [5, 5.41) is 0. The van der Waals surface area contributed by atoms with Crippen LogP contribution in [0.25, 0.3) is 4.48 Å². The van der Waals surface area contributed by atoms with Crippen molar-refractivity contribution in [1.82, 2.24) is 4.31 Å². The fraction of sp³-hybridized carbons (Fsp3) is 0.125. The van der Waals surface area contributed by atoms with Crippen molar-refractivity contribution in [2.45, 2.75) is 11.8 Å². The van der Waals surface area contributed by atoms with Gasteiger partial charge < -0.3 is 4.74 Å². The predicted octanol–water partition coefficient (Wildman–Crippen LogP) is 6.03. The van der Waals surface area contributed by atoms with Crippen LogP contribution in [0, 0.1) is 6.92 Å². The summed E-state index contributed by atoms with van der Waals surface area (Å²) in [4.78, 5) is 13.6. The number of benzene rings is 3. The van der Waals surface area contributed by atoms with E-state index < -0.39 is 15.8 Å². The van der Waals surface area contributed by atoms with Crippen LogP contribution in [0.5, 0.6) is 5.75 Å². The zero-order valence-electron chi connectivity index (χ0n) is 17.7. The van der Waals surface area contributed by atoms with Crippen molar-refractivity contribution < 1.29 is 17.9 Å². The molecular weight excluding hydrogens is 558 g/mol. The monoisotopic (exact) mass is 577 g/mol. The highest BCUT2D eigenvalue weighted by molar-refractivity contribution is 9.15. The van der Waals surface area contributed by atoms with Crippen LogP contribution in [-0.2, 0) is 10.0 Å². The number of ketones is 1. The molecule has 0 saturated carbocycles. The topological polar surface area (TPSA) is 63.7 Å². The van der Waals surface area contributed by atoms with Gasteiger partial charge in [0.2, 0.25) is 5.78 Å². The number of methoxy groups -OCH3 is 1. The summed E-state index contributed by atoms with van der Waals surface area (Å²) in [5.74, 6) is 0.217. The van der Waals surface area contributed by atoms with Gasteiger partial charge in [-0.25, -0.2) is 8.42 Å². The van der Waals surface area contributed by atoms with Crippen LogP contribution in [0.3, 0.4) is 0 Å². The smallest absolute Gasteiger partial charge is 0.264 e. The predicted molar refractivity (Wildman–Crippen MR) is 133 cm³/mol. The van der Waals surface area contributed by atoms with Gasteiger partial charge in [-0.05, 0) is 76.9 Å². The Bertz CT molecular complexity index is 1250. The fourth-order valence-corrected chi connectivity index (χ4v) is 5.28. The van der Waals surface area contributed by atoms with Crippen LogP contribution in [0.4, 0.5) is 0 Å². The maximum absolute atomic E-state index is 13.5. The molecule has 32 heavy (non-hydrogen) atoms. The molecule has 5 nitrogen and oxygen atoms in total. The number of ether oxygens (including phenoxy) is 1. The molecule has 3 aromatic carbocycles. The van der Waals surface area contributed by atoms with Gasteiger partial charge in [-0.3, -0.25) is 9.10 Å². The summed E-state index contributed by atoms with van der Waals surface area (Å²) in [5.41, 5.74) is 1.93. The molecule has 166 valence electrons. The standard InChI is InChI=1S/C24H21Br2NO4S/c1-16-4-14-21(15-5-16)32(29,30)27(2)23(24(28)18-6-10-19(25)11-7-18)22(26)17-8-12-20(31-3)13-9-17/h4-15H,1-3H3/b23-22+. The van der Waals surface area contributed by atoms with Crippen molar-refractivity contribution in [1.29, 1.82) is 0 Å². The van der Waals surface area contributed by atoms with Crippen LogP contribution >= 0.6 is 31.9 Å². The lowest BCUT2D eigenvalue weighted by Crippen LogP contribution is -2.31. The Hall–Kier alpha value is -2.42. The van der Waals surface area contributed by atoms with Crippen LogP contribution < -0.4 is 4.74 Å². The number of halogens is 2. The van der Waals surface area contributed by atoms with Gasteiger partial charge in [0.1, 0.15) is 11.4 Å². The Kier molecular flexibility index (Phi) is 7.59. The Morgan fingerprint density at radius 3 is 1.94 bits per heavy atom. The van der Waals surface area contributed by atoms with Crippen LogP contribution in [-0.4, -0.2) is 32.7 Å². The Labute approximate surface area is 205 Å². The summed E-state index contributed by atoms with van der Waals surface area (Å²) in [6.45, 7) is 1.88. The van der Waals surface area contributed by atoms with Gasteiger partial charge in [0.05, 0.1) is 16.5 Å². The second-order valence-corrected chi connectivity index (χ2v) is 10.7. The molecule has 0 aliphatic carbocycles. The molecule has 0 heterocycles. The minimum absolute atomic E-state index is 0.00179. The summed E-state index contributed by atoms with van der Waals surface area (Å²) >= 11 is 6.85. The van der Waals surface area contributed by atoms with Gasteiger partial charge in [0.15, 0.2) is 0 Å². The second kappa shape index (κ2) is 10.0. The van der Waals surface area contributed by atoms with Crippen molar-refractivity contribution in [3.05, 3.63) is 99.7 Å². The molecule has 0 aliphatic heterocycles. The van der Waals surface area contributed by atoms with Crippen LogP contribution in [0.2, 0.25) is 0 Å². The van der Waals surface area contributed by atoms with Gasteiger partial charge in [0.25, 0.3) is 10.0 Å². The molecule has 0 saturated heterocycles. The molecule has 0 aromatic heterocycles. The highest BCUT2D eigenvalue weighted by Crippen LogP contribution is 2.33. The van der Waals surface area contributed by atoms with Crippen LogP contribution in [0.1, 0.15) is 21.5 Å². The quantitative estimate of drug-likeness (QED) is 0.253. The van der Waals surface area contributed by atoms with Crippen molar-refractivity contribution in [2.24, 2.45) is 0 Å². The van der Waals surface area contributed by atoms with E-state index >= 15 is 0 Å². The third-order valence-corrected chi connectivity index (χ3v) is 8.00. The molecule has 0 unspecified atom stereocenters. The molecule has 3 rings (SSSR count). The number of hydrogen-bond acceptors (Lipinski definition) is 4. The zero-order chi connectivity index (χ0) is 23.5. The van der Waals surface area contributed by atoms with Gasteiger partial charge in [-0.2, -0.15) is 0 Å². The van der Waals surface area contributed by atoms with E-state index in [0.29, 0.717) is 21.4 Å². The summed E-state index contributed by atoms with van der Waals surface area (Å²) < 4.78 is 34.2. The molecule has 0 bridgehead atoms. The van der Waals surface area contributed by atoms with Crippen LogP contribution in [0.15, 0.2) is 87.9 Å². The Balaban J connectivity index is 2.17. The highest BCUT2D eigenvalue weighted by Gasteiger charge is 2.30. The van der Waals surface area contributed by atoms with Crippen molar-refractivity contribution in [3.63, 3.8) is 0 Å². The van der Waals surface area contributed by atoms with E-state index in [2.05, 4.69) is 31.9 Å². The molecule has 0 spiro atoms. The second-order valence-electron chi connectivity index (χ2n) is 7.01. The maximum atomic E-state index is 13.5. The van der Waals surface area contributed by atoms with E-state index in [0.717, 1.165) is 14.3 Å². The third kappa shape index (κ3) is 5.14. The molecule has 0 fully saturated rings. The maximum Gasteiger partial charge on any atom is 0.264 e. The van der Waals surface area contributed by atoms with E-state index in [4.69, 9.17) is 4.74 Å². The number of hydrogen-bond donors (Lipinski definition) is 0. The van der Waals surface area contributed by atoms with E-state index in [1.165, 1.54) is 19.2 Å². The lowest BCUT2D eigenvalue weighted by molar-refractivity contribution is 0.101. The summed E-state index contributed by atoms with van der Waals surface area (Å²) in [7, 11) is -1.05. The molecule has 0 amide bonds. The minimum atomic E-state index is -3.99. The van der Waals surface area contributed by atoms with Crippen molar-refractivity contribution in [2.75, 3.05) is 14.2 Å². The number of aryl methyl sites for hydroxylation is 1. The van der Waals surface area contributed by atoms with Gasteiger partial charge in [-0.1, -0.05) is 45.8 Å². The number of rotatable bonds is 7. The van der Waals surface area contributed by atoms with Gasteiger partial charge >= 0.3 is 0 Å². The number of likely N-dealkylation sites (N-methyl/N-ethyl adjacent to an activating group) is 1. The number of Topliss-reactive ketones (excluding diaryl/α,β-unsaturated/α-hetero) is 1. The molecule has 0 atom stereocenters. The highest BCUT2D eigenvalue weighted by atomic mass is 79.9. The SMILES string of the molecule is COc1ccc(/C(Br)=C(/C(=O)c2ccc(Br)cc2)N(C)S(=O)(=O)c2ccc(C)cc2)cc1. The number of carbonyl (C=O) groups is 1. The van der Waals surface area contributed by atoms with E-state index in [1.807, 2.05) is 6.92 Å². The first-order valence-corrected chi connectivity index (χ1v) is 12.6. The first-order valence-electron chi connectivity index (χ1n) is 9.55. The summed E-state index contributed by atoms with van der Waals surface area (Å²) in [6, 6.07) is 20.3. The zero-order valence-corrected chi connectivity index (χ0v) is 21.7. The fourth-order valence-electron chi connectivity index (χ4n) is 2.98. The lowest BCUT2D eigenvalue weighted by Gasteiger charge is -2.24. The Morgan fingerprint density at radius 2 is 1.41 bits per heavy atom. The Morgan fingerprint density at radius 1 is 0.875 bits per heavy atom. The van der Waals surface area contributed by atoms with Gasteiger partial charge in [-0.15, -0.1) is 0 Å². The normalized spacial score (nSPS) is 12.2. The number of allylic oxidation sites excluding steroid dienone is 1. The minimum Gasteiger partial charge on any atom is -0.497 e. The molecule has 0 aliphatic rings. The average Bonchev–Trinajstić information content (AvgIpc) is 2.79. The van der Waals surface area contributed by atoms with Crippen molar-refractivity contribution in [3.8, 4) is 5.75 Å². The number of sulfonamides is 1. The molecular formula is C24H21Br2NO4S. The molecule has 0 radical (unpaired) electrons. The number of nitrogens with zero attached hydrogens (tertiary/aromatic N) is 1. The molecule has 0 N–H and O–H groups in total.